The van der Waals surface area contributed by atoms with Crippen molar-refractivity contribution in [1.29, 1.82) is 0 Å². The fourth-order valence-corrected chi connectivity index (χ4v) is 3.27. The summed E-state index contributed by atoms with van der Waals surface area (Å²) in [6.45, 7) is 6.34. The molecule has 1 fully saturated rings. The van der Waals surface area contributed by atoms with Gasteiger partial charge in [0.1, 0.15) is 0 Å². The van der Waals surface area contributed by atoms with Crippen LogP contribution in [-0.4, -0.2) is 52.4 Å². The van der Waals surface area contributed by atoms with Gasteiger partial charge in [-0.3, -0.25) is 9.48 Å². The monoisotopic (exact) mass is 342 g/mol. The van der Waals surface area contributed by atoms with Crippen LogP contribution in [0.3, 0.4) is 0 Å². The summed E-state index contributed by atoms with van der Waals surface area (Å²) in [5.41, 5.74) is 9.33. The molecule has 2 heterocycles. The van der Waals surface area contributed by atoms with Crippen LogP contribution in [-0.2, 0) is 22.5 Å². The summed E-state index contributed by atoms with van der Waals surface area (Å²) in [6.07, 6.45) is 0.499. The molecule has 3 rings (SSSR count). The Balaban J connectivity index is 1.58. The average Bonchev–Trinajstić information content (AvgIpc) is 2.92. The van der Waals surface area contributed by atoms with Crippen molar-refractivity contribution in [3.63, 3.8) is 0 Å². The van der Waals surface area contributed by atoms with Gasteiger partial charge in [0, 0.05) is 18.8 Å². The lowest BCUT2D eigenvalue weighted by Crippen LogP contribution is -2.52. The molecule has 0 spiro atoms. The number of nitrogens with two attached hydrogens (primary N) is 1. The molecule has 0 bridgehead atoms. The van der Waals surface area contributed by atoms with Gasteiger partial charge in [0.25, 0.3) is 0 Å². The van der Waals surface area contributed by atoms with Crippen molar-refractivity contribution in [2.24, 2.45) is 5.73 Å². The van der Waals surface area contributed by atoms with Crippen LogP contribution in [0, 0.1) is 13.8 Å². The van der Waals surface area contributed by atoms with Crippen molar-refractivity contribution in [2.45, 2.75) is 39.0 Å². The van der Waals surface area contributed by atoms with Gasteiger partial charge in [-0.05, 0) is 31.9 Å². The number of benzene rings is 1. The van der Waals surface area contributed by atoms with Crippen LogP contribution in [0.5, 0.6) is 0 Å². The maximum absolute atomic E-state index is 12.7. The average molecular weight is 342 g/mol. The topological polar surface area (TPSA) is 73.4 Å². The summed E-state index contributed by atoms with van der Waals surface area (Å²) in [5.74, 6) is -0.00878. The molecule has 134 valence electrons. The van der Waals surface area contributed by atoms with E-state index in [1.165, 1.54) is 0 Å². The highest BCUT2D eigenvalue weighted by Gasteiger charge is 2.28. The summed E-state index contributed by atoms with van der Waals surface area (Å²) in [4.78, 5) is 14.5. The van der Waals surface area contributed by atoms with E-state index >= 15 is 0 Å². The number of hydrogen-bond donors (Lipinski definition) is 1. The number of morpholine rings is 1. The van der Waals surface area contributed by atoms with Crippen LogP contribution in [0.2, 0.25) is 0 Å². The van der Waals surface area contributed by atoms with Crippen LogP contribution >= 0.6 is 0 Å². The summed E-state index contributed by atoms with van der Waals surface area (Å²) in [6, 6.07) is 11.4. The first-order valence-electron chi connectivity index (χ1n) is 8.74. The molecule has 1 saturated heterocycles. The highest BCUT2D eigenvalue weighted by atomic mass is 16.5. The number of nitrogens with zero attached hydrogens (tertiary/aromatic N) is 3. The summed E-state index contributed by atoms with van der Waals surface area (Å²) < 4.78 is 7.77. The first-order chi connectivity index (χ1) is 12.0. The molecule has 2 aromatic rings. The normalized spacial score (nSPS) is 19.0. The smallest absolute Gasteiger partial charge is 0.239 e. The molecular formula is C19H26N4O2. The van der Waals surface area contributed by atoms with Crippen LogP contribution in [0.15, 0.2) is 36.4 Å². The van der Waals surface area contributed by atoms with Gasteiger partial charge < -0.3 is 15.4 Å². The standard InChI is InChI=1S/C19H26N4O2/c1-14-10-15(2)23(21-14)13-17-12-22(8-9-25-17)19(24)18(20)11-16-6-4-3-5-7-16/h3-7,10,17-18H,8-9,11-13,20H2,1-2H3. The van der Waals surface area contributed by atoms with Crippen LogP contribution in [0.1, 0.15) is 17.0 Å². The molecule has 1 aliphatic rings. The highest BCUT2D eigenvalue weighted by molar-refractivity contribution is 5.82. The Labute approximate surface area is 148 Å². The Morgan fingerprint density at radius 2 is 2.12 bits per heavy atom. The van der Waals surface area contributed by atoms with Crippen LogP contribution in [0.4, 0.5) is 0 Å². The SMILES string of the molecule is Cc1cc(C)n(CC2CN(C(=O)C(N)Cc3ccccc3)CCO2)n1. The van der Waals surface area contributed by atoms with Crippen molar-refractivity contribution >= 4 is 5.91 Å². The van der Waals surface area contributed by atoms with E-state index in [9.17, 15) is 4.79 Å². The maximum Gasteiger partial charge on any atom is 0.239 e. The van der Waals surface area contributed by atoms with Crippen molar-refractivity contribution in [2.75, 3.05) is 19.7 Å². The van der Waals surface area contributed by atoms with Gasteiger partial charge in [-0.2, -0.15) is 5.10 Å². The van der Waals surface area contributed by atoms with Crippen molar-refractivity contribution in [1.82, 2.24) is 14.7 Å². The quantitative estimate of drug-likeness (QED) is 0.889. The van der Waals surface area contributed by atoms with Crippen molar-refractivity contribution in [3.8, 4) is 0 Å². The van der Waals surface area contributed by atoms with Gasteiger partial charge in [-0.1, -0.05) is 30.3 Å². The number of aromatic nitrogens is 2. The van der Waals surface area contributed by atoms with Gasteiger partial charge in [-0.25, -0.2) is 0 Å². The first-order valence-corrected chi connectivity index (χ1v) is 8.74. The van der Waals surface area contributed by atoms with E-state index in [0.29, 0.717) is 32.7 Å². The number of ether oxygens (including phenoxy) is 1. The second kappa shape index (κ2) is 7.80. The zero-order valence-electron chi connectivity index (χ0n) is 14.9. The van der Waals surface area contributed by atoms with Crippen molar-refractivity contribution in [3.05, 3.63) is 53.3 Å². The Morgan fingerprint density at radius 3 is 2.80 bits per heavy atom. The second-order valence-electron chi connectivity index (χ2n) is 6.68. The maximum atomic E-state index is 12.7. The minimum absolute atomic E-state index is 0.00878. The van der Waals surface area contributed by atoms with E-state index in [1.54, 1.807) is 0 Å². The van der Waals surface area contributed by atoms with E-state index in [0.717, 1.165) is 17.0 Å². The Morgan fingerprint density at radius 1 is 1.36 bits per heavy atom. The Hall–Kier alpha value is -2.18. The molecule has 1 aromatic heterocycles. The summed E-state index contributed by atoms with van der Waals surface area (Å²) in [7, 11) is 0. The van der Waals surface area contributed by atoms with Crippen LogP contribution in [0.25, 0.3) is 0 Å². The third-order valence-corrected chi connectivity index (χ3v) is 4.55. The fourth-order valence-electron chi connectivity index (χ4n) is 3.27. The molecule has 0 aliphatic carbocycles. The second-order valence-corrected chi connectivity index (χ2v) is 6.68. The predicted octanol–water partition coefficient (Wildman–Crippen LogP) is 1.30. The first kappa shape index (κ1) is 17.6. The Kier molecular flexibility index (Phi) is 5.50. The Bertz CT molecular complexity index is 713. The number of carbonyl (C=O) groups is 1. The van der Waals surface area contributed by atoms with E-state index < -0.39 is 6.04 Å². The molecule has 2 N–H and O–H groups in total. The van der Waals surface area contributed by atoms with Gasteiger partial charge >= 0.3 is 0 Å². The molecule has 0 saturated carbocycles. The van der Waals surface area contributed by atoms with E-state index in [4.69, 9.17) is 10.5 Å². The van der Waals surface area contributed by atoms with Gasteiger partial charge in [0.15, 0.2) is 0 Å². The van der Waals surface area contributed by atoms with E-state index in [2.05, 4.69) is 5.10 Å². The van der Waals surface area contributed by atoms with Gasteiger partial charge in [-0.15, -0.1) is 0 Å². The zero-order valence-corrected chi connectivity index (χ0v) is 14.9. The molecule has 1 aromatic carbocycles. The molecule has 2 atom stereocenters. The number of hydrogen-bond acceptors (Lipinski definition) is 4. The number of carbonyl (C=O) groups excluding carboxylic acids is 1. The minimum atomic E-state index is -0.519. The molecule has 6 heteroatoms. The predicted molar refractivity (Wildman–Crippen MR) is 96.1 cm³/mol. The number of rotatable bonds is 5. The minimum Gasteiger partial charge on any atom is -0.373 e. The third-order valence-electron chi connectivity index (χ3n) is 4.55. The molecular weight excluding hydrogens is 316 g/mol. The van der Waals surface area contributed by atoms with E-state index in [-0.39, 0.29) is 12.0 Å². The molecule has 2 unspecified atom stereocenters. The summed E-state index contributed by atoms with van der Waals surface area (Å²) in [5, 5.41) is 4.47. The lowest BCUT2D eigenvalue weighted by Gasteiger charge is -2.34. The molecule has 25 heavy (non-hydrogen) atoms. The molecule has 6 nitrogen and oxygen atoms in total. The molecule has 1 amide bonds. The molecule has 1 aliphatic heterocycles. The lowest BCUT2D eigenvalue weighted by atomic mass is 10.1. The third kappa shape index (κ3) is 4.46. The molecule has 0 radical (unpaired) electrons. The number of amides is 1. The number of aryl methyl sites for hydroxylation is 2. The lowest BCUT2D eigenvalue weighted by molar-refractivity contribution is -0.140. The summed E-state index contributed by atoms with van der Waals surface area (Å²) >= 11 is 0. The van der Waals surface area contributed by atoms with E-state index in [1.807, 2.05) is 59.8 Å². The highest BCUT2D eigenvalue weighted by Crippen LogP contribution is 2.12. The van der Waals surface area contributed by atoms with Gasteiger partial charge in [0.05, 0.1) is 31.0 Å². The van der Waals surface area contributed by atoms with Gasteiger partial charge in [0.2, 0.25) is 5.91 Å². The fraction of sp³-hybridized carbons (Fsp3) is 0.474. The zero-order chi connectivity index (χ0) is 17.8. The van der Waals surface area contributed by atoms with Crippen molar-refractivity contribution < 1.29 is 9.53 Å². The van der Waals surface area contributed by atoms with Crippen LogP contribution < -0.4 is 5.73 Å². The largest absolute Gasteiger partial charge is 0.373 e.